The molecule has 0 aliphatic heterocycles. The fourth-order valence-electron chi connectivity index (χ4n) is 1.25. The van der Waals surface area contributed by atoms with Crippen LogP contribution >= 0.6 is 27.5 Å². The van der Waals surface area contributed by atoms with Gasteiger partial charge < -0.3 is 10.1 Å². The number of hydrogen-bond acceptors (Lipinski definition) is 2. The van der Waals surface area contributed by atoms with E-state index in [9.17, 15) is 4.39 Å². The highest BCUT2D eigenvalue weighted by Crippen LogP contribution is 2.31. The van der Waals surface area contributed by atoms with Crippen LogP contribution in [0.1, 0.15) is 20.8 Å². The molecule has 96 valence electrons. The molecule has 0 aliphatic carbocycles. The Morgan fingerprint density at radius 3 is 2.65 bits per heavy atom. The molecule has 0 amide bonds. The zero-order chi connectivity index (χ0) is 13.0. The summed E-state index contributed by atoms with van der Waals surface area (Å²) in [5, 5.41) is 3.33. The monoisotopic (exact) mass is 323 g/mol. The van der Waals surface area contributed by atoms with Crippen LogP contribution in [0, 0.1) is 5.82 Å². The van der Waals surface area contributed by atoms with Gasteiger partial charge in [0.25, 0.3) is 0 Å². The molecule has 2 nitrogen and oxygen atoms in total. The average molecular weight is 325 g/mol. The van der Waals surface area contributed by atoms with E-state index in [4.69, 9.17) is 16.3 Å². The number of nitrogens with one attached hydrogen (secondary N) is 1. The van der Waals surface area contributed by atoms with Crippen molar-refractivity contribution in [3.63, 3.8) is 0 Å². The summed E-state index contributed by atoms with van der Waals surface area (Å²) >= 11 is 8.95. The van der Waals surface area contributed by atoms with Crippen molar-refractivity contribution in [1.82, 2.24) is 5.32 Å². The quantitative estimate of drug-likeness (QED) is 0.826. The molecule has 0 spiro atoms. The molecule has 5 heteroatoms. The van der Waals surface area contributed by atoms with Gasteiger partial charge in [-0.1, -0.05) is 25.4 Å². The summed E-state index contributed by atoms with van der Waals surface area (Å²) in [6, 6.07) is 3.18. The van der Waals surface area contributed by atoms with Crippen LogP contribution in [0.5, 0.6) is 5.75 Å². The summed E-state index contributed by atoms with van der Waals surface area (Å²) in [6.07, 6.45) is -0.0470. The maximum atomic E-state index is 13.3. The largest absolute Gasteiger partial charge is 0.488 e. The van der Waals surface area contributed by atoms with Gasteiger partial charge in [0, 0.05) is 18.7 Å². The highest BCUT2D eigenvalue weighted by Gasteiger charge is 2.11. The SMILES string of the molecule is CC(C)NCC(C)Oc1cc(F)c(Cl)cc1Br. The van der Waals surface area contributed by atoms with E-state index in [0.29, 0.717) is 22.8 Å². The van der Waals surface area contributed by atoms with Crippen molar-refractivity contribution < 1.29 is 9.13 Å². The van der Waals surface area contributed by atoms with E-state index >= 15 is 0 Å². The summed E-state index contributed by atoms with van der Waals surface area (Å²) in [4.78, 5) is 0. The lowest BCUT2D eigenvalue weighted by molar-refractivity contribution is 0.211. The Morgan fingerprint density at radius 2 is 2.06 bits per heavy atom. The molecule has 1 unspecified atom stereocenters. The minimum Gasteiger partial charge on any atom is -0.488 e. The summed E-state index contributed by atoms with van der Waals surface area (Å²) < 4.78 is 19.6. The van der Waals surface area contributed by atoms with Crippen molar-refractivity contribution in [2.24, 2.45) is 0 Å². The molecule has 17 heavy (non-hydrogen) atoms. The van der Waals surface area contributed by atoms with Gasteiger partial charge in [-0.05, 0) is 28.9 Å². The van der Waals surface area contributed by atoms with Crippen LogP contribution in [0.3, 0.4) is 0 Å². The molecular weight excluding hydrogens is 308 g/mol. The molecule has 1 rings (SSSR count). The van der Waals surface area contributed by atoms with Crippen molar-refractivity contribution in [2.45, 2.75) is 32.9 Å². The van der Waals surface area contributed by atoms with Crippen LogP contribution < -0.4 is 10.1 Å². The molecule has 1 aromatic carbocycles. The average Bonchev–Trinajstić information content (AvgIpc) is 2.23. The fourth-order valence-corrected chi connectivity index (χ4v) is 1.99. The Balaban J connectivity index is 2.65. The zero-order valence-corrected chi connectivity index (χ0v) is 12.4. The lowest BCUT2D eigenvalue weighted by atomic mass is 10.3. The fraction of sp³-hybridized carbons (Fsp3) is 0.500. The summed E-state index contributed by atoms with van der Waals surface area (Å²) in [6.45, 7) is 6.75. The predicted octanol–water partition coefficient (Wildman–Crippen LogP) is 4.01. The topological polar surface area (TPSA) is 21.3 Å². The van der Waals surface area contributed by atoms with Crippen molar-refractivity contribution in [3.8, 4) is 5.75 Å². The van der Waals surface area contributed by atoms with E-state index in [1.165, 1.54) is 12.1 Å². The van der Waals surface area contributed by atoms with Crippen molar-refractivity contribution in [2.75, 3.05) is 6.54 Å². The Bertz CT molecular complexity index is 387. The number of halogens is 3. The van der Waals surface area contributed by atoms with Crippen molar-refractivity contribution in [3.05, 3.63) is 27.4 Å². The smallest absolute Gasteiger partial charge is 0.145 e. The second-order valence-electron chi connectivity index (χ2n) is 4.19. The number of hydrogen-bond donors (Lipinski definition) is 1. The first kappa shape index (κ1) is 14.7. The van der Waals surface area contributed by atoms with Crippen LogP contribution in [0.15, 0.2) is 16.6 Å². The van der Waals surface area contributed by atoms with Gasteiger partial charge in [0.15, 0.2) is 0 Å². The maximum absolute atomic E-state index is 13.3. The van der Waals surface area contributed by atoms with Crippen molar-refractivity contribution in [1.29, 1.82) is 0 Å². The van der Waals surface area contributed by atoms with E-state index in [1.54, 1.807) is 0 Å². The van der Waals surface area contributed by atoms with Gasteiger partial charge in [-0.3, -0.25) is 0 Å². The maximum Gasteiger partial charge on any atom is 0.145 e. The van der Waals surface area contributed by atoms with Gasteiger partial charge in [-0.15, -0.1) is 0 Å². The molecule has 1 N–H and O–H groups in total. The molecule has 0 fully saturated rings. The molecule has 0 radical (unpaired) electrons. The normalized spacial score (nSPS) is 12.9. The van der Waals surface area contributed by atoms with E-state index in [1.807, 2.05) is 6.92 Å². The number of ether oxygens (including phenoxy) is 1. The van der Waals surface area contributed by atoms with Crippen molar-refractivity contribution >= 4 is 27.5 Å². The molecular formula is C12H16BrClFNO. The molecule has 1 atom stereocenters. The Labute approximate surface area is 115 Å². The number of benzene rings is 1. The van der Waals surface area contributed by atoms with Crippen LogP contribution in [0.4, 0.5) is 4.39 Å². The Morgan fingerprint density at radius 1 is 1.41 bits per heavy atom. The highest BCUT2D eigenvalue weighted by molar-refractivity contribution is 9.10. The van der Waals surface area contributed by atoms with E-state index in [-0.39, 0.29) is 11.1 Å². The third-order valence-corrected chi connectivity index (χ3v) is 3.03. The van der Waals surface area contributed by atoms with E-state index in [2.05, 4.69) is 35.1 Å². The minimum absolute atomic E-state index is 0.0470. The molecule has 0 heterocycles. The first-order valence-corrected chi connectivity index (χ1v) is 6.61. The first-order chi connectivity index (χ1) is 7.90. The second-order valence-corrected chi connectivity index (χ2v) is 5.45. The minimum atomic E-state index is -0.478. The molecule has 0 bridgehead atoms. The Hall–Kier alpha value is -0.320. The van der Waals surface area contributed by atoms with Gasteiger partial charge in [0.05, 0.1) is 9.50 Å². The first-order valence-electron chi connectivity index (χ1n) is 5.44. The lowest BCUT2D eigenvalue weighted by Crippen LogP contribution is -2.33. The predicted molar refractivity (Wildman–Crippen MR) is 72.3 cm³/mol. The standard InChI is InChI=1S/C12H16BrClFNO/c1-7(2)16-6-8(3)17-12-5-11(15)10(14)4-9(12)13/h4-5,7-8,16H,6H2,1-3H3. The van der Waals surface area contributed by atoms with E-state index in [0.717, 1.165) is 0 Å². The van der Waals surface area contributed by atoms with Gasteiger partial charge in [0.1, 0.15) is 17.7 Å². The zero-order valence-electron chi connectivity index (χ0n) is 10.1. The Kier molecular flexibility index (Phi) is 5.70. The highest BCUT2D eigenvalue weighted by atomic mass is 79.9. The molecule has 0 saturated carbocycles. The van der Waals surface area contributed by atoms with Crippen LogP contribution in [-0.4, -0.2) is 18.7 Å². The molecule has 0 aromatic heterocycles. The van der Waals surface area contributed by atoms with Crippen LogP contribution in [-0.2, 0) is 0 Å². The molecule has 1 aromatic rings. The van der Waals surface area contributed by atoms with Crippen LogP contribution in [0.25, 0.3) is 0 Å². The number of rotatable bonds is 5. The summed E-state index contributed by atoms with van der Waals surface area (Å²) in [5.41, 5.74) is 0. The summed E-state index contributed by atoms with van der Waals surface area (Å²) in [7, 11) is 0. The molecule has 0 saturated heterocycles. The third kappa shape index (κ3) is 4.82. The lowest BCUT2D eigenvalue weighted by Gasteiger charge is -2.18. The van der Waals surface area contributed by atoms with Gasteiger partial charge in [0.2, 0.25) is 0 Å². The summed E-state index contributed by atoms with van der Waals surface area (Å²) in [5.74, 6) is -0.0150. The van der Waals surface area contributed by atoms with Gasteiger partial charge in [-0.25, -0.2) is 4.39 Å². The second kappa shape index (κ2) is 6.57. The van der Waals surface area contributed by atoms with E-state index < -0.39 is 5.82 Å². The van der Waals surface area contributed by atoms with Gasteiger partial charge in [-0.2, -0.15) is 0 Å². The van der Waals surface area contributed by atoms with Gasteiger partial charge >= 0.3 is 0 Å². The molecule has 0 aliphatic rings. The van der Waals surface area contributed by atoms with Crippen LogP contribution in [0.2, 0.25) is 5.02 Å². The third-order valence-electron chi connectivity index (χ3n) is 2.12.